The molecule has 2 aliphatic heterocycles. The third-order valence-electron chi connectivity index (χ3n) is 8.38. The SMILES string of the molecule is COC(=O)N1CCN(C(=O)[C@@H]2CN(c3ccc(=O)n(C)n3)C[C@H]2c2ccc(OC)cc2F)CCC[C@@H]1c1ccc(Cl)cc1. The quantitative estimate of drug-likeness (QED) is 0.426. The highest BCUT2D eigenvalue weighted by Crippen LogP contribution is 2.38. The van der Waals surface area contributed by atoms with Crippen LogP contribution in [0.15, 0.2) is 59.4 Å². The minimum absolute atomic E-state index is 0.123. The van der Waals surface area contributed by atoms with Crippen LogP contribution in [-0.2, 0) is 16.6 Å². The summed E-state index contributed by atoms with van der Waals surface area (Å²) in [4.78, 5) is 44.4. The summed E-state index contributed by atoms with van der Waals surface area (Å²) < 4.78 is 26.9. The summed E-state index contributed by atoms with van der Waals surface area (Å²) >= 11 is 6.09. The van der Waals surface area contributed by atoms with Gasteiger partial charge in [-0.1, -0.05) is 29.8 Å². The van der Waals surface area contributed by atoms with E-state index in [0.29, 0.717) is 61.2 Å². The van der Waals surface area contributed by atoms with Gasteiger partial charge >= 0.3 is 6.09 Å². The lowest BCUT2D eigenvalue weighted by molar-refractivity contribution is -0.136. The van der Waals surface area contributed by atoms with Crippen LogP contribution in [0, 0.1) is 11.7 Å². The van der Waals surface area contributed by atoms with Crippen molar-refractivity contribution in [3.8, 4) is 5.75 Å². The van der Waals surface area contributed by atoms with E-state index in [9.17, 15) is 14.4 Å². The number of anilines is 1. The molecule has 2 aromatic carbocycles. The Morgan fingerprint density at radius 2 is 1.77 bits per heavy atom. The highest BCUT2D eigenvalue weighted by Gasteiger charge is 2.43. The Hall–Kier alpha value is -4.12. The Bertz CT molecular complexity index is 1530. The van der Waals surface area contributed by atoms with Gasteiger partial charge in [0.05, 0.1) is 26.2 Å². The molecule has 10 nitrogen and oxygen atoms in total. The zero-order valence-corrected chi connectivity index (χ0v) is 25.2. The number of benzene rings is 2. The van der Waals surface area contributed by atoms with E-state index in [1.165, 1.54) is 31.0 Å². The number of aryl methyl sites for hydroxylation is 1. The van der Waals surface area contributed by atoms with Gasteiger partial charge in [-0.3, -0.25) is 14.5 Å². The van der Waals surface area contributed by atoms with Gasteiger partial charge in [-0.25, -0.2) is 13.9 Å². The molecule has 2 saturated heterocycles. The number of halogens is 2. The topological polar surface area (TPSA) is 97.2 Å². The number of hydrogen-bond donors (Lipinski definition) is 0. The van der Waals surface area contributed by atoms with Gasteiger partial charge in [0.15, 0.2) is 0 Å². The van der Waals surface area contributed by atoms with Crippen molar-refractivity contribution in [1.29, 1.82) is 0 Å². The number of amides is 2. The minimum atomic E-state index is -0.583. The number of methoxy groups -OCH3 is 2. The molecule has 12 heteroatoms. The Morgan fingerprint density at radius 3 is 2.44 bits per heavy atom. The van der Waals surface area contributed by atoms with Crippen LogP contribution in [0.5, 0.6) is 5.75 Å². The van der Waals surface area contributed by atoms with Crippen LogP contribution in [-0.4, -0.2) is 78.5 Å². The standard InChI is InChI=1S/C31H35ClFN5O5/c1-35-29(39)13-12-28(34-35)37-18-24(23-11-10-22(42-2)17-26(23)33)25(19-37)30(40)36-14-4-5-27(20-6-8-21(32)9-7-20)38(16-15-36)31(41)43-3/h6-13,17,24-25,27H,4-5,14-16,18-19H2,1-3H3/t24-,25+,27+/m0/s1. The Labute approximate surface area is 254 Å². The molecule has 228 valence electrons. The van der Waals surface area contributed by atoms with Crippen LogP contribution in [0.3, 0.4) is 0 Å². The van der Waals surface area contributed by atoms with E-state index in [2.05, 4.69) is 5.10 Å². The summed E-state index contributed by atoms with van der Waals surface area (Å²) in [6.45, 7) is 1.69. The van der Waals surface area contributed by atoms with E-state index in [1.807, 2.05) is 17.0 Å². The molecular weight excluding hydrogens is 577 g/mol. The Morgan fingerprint density at radius 1 is 1.00 bits per heavy atom. The van der Waals surface area contributed by atoms with Crippen molar-refractivity contribution in [3.05, 3.63) is 86.9 Å². The van der Waals surface area contributed by atoms with Gasteiger partial charge in [0.25, 0.3) is 5.56 Å². The molecule has 3 atom stereocenters. The maximum absolute atomic E-state index is 15.4. The Balaban J connectivity index is 1.42. The zero-order chi connectivity index (χ0) is 30.7. The summed E-state index contributed by atoms with van der Waals surface area (Å²) in [6, 6.07) is 14.9. The second-order valence-electron chi connectivity index (χ2n) is 10.9. The van der Waals surface area contributed by atoms with Crippen molar-refractivity contribution in [2.24, 2.45) is 13.0 Å². The van der Waals surface area contributed by atoms with Crippen LogP contribution in [0.1, 0.15) is 35.9 Å². The highest BCUT2D eigenvalue weighted by molar-refractivity contribution is 6.30. The highest BCUT2D eigenvalue weighted by atomic mass is 35.5. The fourth-order valence-electron chi connectivity index (χ4n) is 6.10. The molecule has 0 bridgehead atoms. The first-order valence-corrected chi connectivity index (χ1v) is 14.6. The van der Waals surface area contributed by atoms with Gasteiger partial charge in [-0.05, 0) is 48.2 Å². The molecule has 0 aliphatic carbocycles. The van der Waals surface area contributed by atoms with Crippen molar-refractivity contribution in [1.82, 2.24) is 19.6 Å². The van der Waals surface area contributed by atoms with Crippen molar-refractivity contribution in [2.45, 2.75) is 24.8 Å². The molecular formula is C31H35ClFN5O5. The number of carbonyl (C=O) groups is 2. The smallest absolute Gasteiger partial charge is 0.410 e. The van der Waals surface area contributed by atoms with Gasteiger partial charge in [0.1, 0.15) is 17.4 Å². The molecule has 0 radical (unpaired) electrons. The van der Waals surface area contributed by atoms with Gasteiger partial charge < -0.3 is 19.3 Å². The molecule has 3 heterocycles. The Kier molecular flexibility index (Phi) is 9.19. The van der Waals surface area contributed by atoms with Crippen LogP contribution < -0.4 is 15.2 Å². The third kappa shape index (κ3) is 6.46. The van der Waals surface area contributed by atoms with Gasteiger partial charge in [0.2, 0.25) is 5.91 Å². The summed E-state index contributed by atoms with van der Waals surface area (Å²) in [7, 11) is 4.38. The lowest BCUT2D eigenvalue weighted by Gasteiger charge is -2.37. The van der Waals surface area contributed by atoms with Gasteiger partial charge in [-0.2, -0.15) is 5.10 Å². The second-order valence-corrected chi connectivity index (χ2v) is 11.3. The molecule has 5 rings (SSSR count). The van der Waals surface area contributed by atoms with Gasteiger partial charge in [0, 0.05) is 62.8 Å². The molecule has 3 aromatic rings. The van der Waals surface area contributed by atoms with Gasteiger partial charge in [-0.15, -0.1) is 0 Å². The van der Waals surface area contributed by atoms with Crippen LogP contribution in [0.4, 0.5) is 15.0 Å². The predicted octanol–water partition coefficient (Wildman–Crippen LogP) is 4.23. The molecule has 0 N–H and O–H groups in total. The number of carbonyl (C=O) groups excluding carboxylic acids is 2. The average molecular weight is 612 g/mol. The van der Waals surface area contributed by atoms with Crippen molar-refractivity contribution >= 4 is 29.4 Å². The number of hydrogen-bond acceptors (Lipinski definition) is 7. The lowest BCUT2D eigenvalue weighted by atomic mass is 9.87. The maximum Gasteiger partial charge on any atom is 0.410 e. The molecule has 0 spiro atoms. The van der Waals surface area contributed by atoms with Crippen molar-refractivity contribution in [3.63, 3.8) is 0 Å². The largest absolute Gasteiger partial charge is 0.497 e. The molecule has 2 fully saturated rings. The van der Waals surface area contributed by atoms with E-state index < -0.39 is 23.7 Å². The fourth-order valence-corrected chi connectivity index (χ4v) is 6.23. The number of nitrogens with zero attached hydrogens (tertiary/aromatic N) is 5. The molecule has 1 aromatic heterocycles. The number of aromatic nitrogens is 2. The average Bonchev–Trinajstić information content (AvgIpc) is 3.43. The second kappa shape index (κ2) is 13.0. The van der Waals surface area contributed by atoms with Crippen molar-refractivity contribution in [2.75, 3.05) is 51.8 Å². The third-order valence-corrected chi connectivity index (χ3v) is 8.63. The van der Waals surface area contributed by atoms with E-state index in [-0.39, 0.29) is 24.1 Å². The van der Waals surface area contributed by atoms with E-state index >= 15 is 4.39 Å². The summed E-state index contributed by atoms with van der Waals surface area (Å²) in [5.41, 5.74) is 1.11. The number of rotatable bonds is 5. The molecule has 0 saturated carbocycles. The molecule has 2 aliphatic rings. The normalized spacial score (nSPS) is 20.9. The van der Waals surface area contributed by atoms with E-state index in [1.54, 1.807) is 47.2 Å². The lowest BCUT2D eigenvalue weighted by Crippen LogP contribution is -2.47. The molecule has 43 heavy (non-hydrogen) atoms. The first-order chi connectivity index (χ1) is 20.7. The van der Waals surface area contributed by atoms with E-state index in [0.717, 1.165) is 5.56 Å². The first kappa shape index (κ1) is 30.3. The molecule has 2 amide bonds. The van der Waals surface area contributed by atoms with Crippen LogP contribution in [0.25, 0.3) is 0 Å². The predicted molar refractivity (Wildman–Crippen MR) is 160 cm³/mol. The van der Waals surface area contributed by atoms with Crippen LogP contribution >= 0.6 is 11.6 Å². The number of ether oxygens (including phenoxy) is 2. The van der Waals surface area contributed by atoms with Crippen LogP contribution in [0.2, 0.25) is 5.02 Å². The molecule has 0 unspecified atom stereocenters. The monoisotopic (exact) mass is 611 g/mol. The zero-order valence-electron chi connectivity index (χ0n) is 24.4. The summed E-state index contributed by atoms with van der Waals surface area (Å²) in [6.07, 6.45) is 0.795. The summed E-state index contributed by atoms with van der Waals surface area (Å²) in [5, 5.41) is 4.98. The van der Waals surface area contributed by atoms with E-state index in [4.69, 9.17) is 21.1 Å². The minimum Gasteiger partial charge on any atom is -0.497 e. The fraction of sp³-hybridized carbons (Fsp3) is 0.419. The first-order valence-electron chi connectivity index (χ1n) is 14.2. The van der Waals surface area contributed by atoms with Crippen molar-refractivity contribution < 1.29 is 23.5 Å². The maximum atomic E-state index is 15.4. The summed E-state index contributed by atoms with van der Waals surface area (Å²) in [5.74, 6) is -0.705.